The maximum atomic E-state index is 12.4. The van der Waals surface area contributed by atoms with E-state index >= 15 is 0 Å². The second kappa shape index (κ2) is 7.84. The Bertz CT molecular complexity index is 797. The molecule has 2 amide bonds. The van der Waals surface area contributed by atoms with Gasteiger partial charge in [0.25, 0.3) is 0 Å². The third-order valence-electron chi connectivity index (χ3n) is 5.29. The molecule has 27 heavy (non-hydrogen) atoms. The number of likely N-dealkylation sites (tertiary alicyclic amines) is 1. The van der Waals surface area contributed by atoms with Crippen molar-refractivity contribution >= 4 is 11.7 Å². The lowest BCUT2D eigenvalue weighted by Crippen LogP contribution is -2.50. The monoisotopic (exact) mass is 363 g/mol. The first kappa shape index (κ1) is 17.6. The molecular formula is C22H25N3O2. The van der Waals surface area contributed by atoms with Crippen molar-refractivity contribution in [3.05, 3.63) is 77.9 Å². The minimum atomic E-state index is -0.313. The predicted octanol–water partition coefficient (Wildman–Crippen LogP) is 3.35. The second-order valence-corrected chi connectivity index (χ2v) is 7.15. The van der Waals surface area contributed by atoms with Gasteiger partial charge in [0.1, 0.15) is 5.60 Å². The third kappa shape index (κ3) is 4.14. The summed E-state index contributed by atoms with van der Waals surface area (Å²) in [5, 5.41) is 3.03. The van der Waals surface area contributed by atoms with E-state index in [1.54, 1.807) is 0 Å². The largest absolute Gasteiger partial charge is 0.338 e. The van der Waals surface area contributed by atoms with Crippen LogP contribution in [0.5, 0.6) is 0 Å². The van der Waals surface area contributed by atoms with E-state index in [9.17, 15) is 4.79 Å². The molecule has 2 N–H and O–H groups in total. The minimum absolute atomic E-state index is 0.0130. The molecule has 5 heteroatoms. The average Bonchev–Trinajstić information content (AvgIpc) is 3.13. The first-order valence-corrected chi connectivity index (χ1v) is 9.53. The fourth-order valence-electron chi connectivity index (χ4n) is 3.64. The standard InChI is InChI=1S/C22H25N3O2/c26-21(23-14-11-18-7-3-1-4-8-18)25-15-12-22(13-16-25)17-20(24-27-22)19-9-5-2-6-10-19/h1-10,17,24H,11-16H2,(H,23,26). The number of hydrogen-bond donors (Lipinski definition) is 2. The van der Waals surface area contributed by atoms with Crippen molar-refractivity contribution in [2.24, 2.45) is 0 Å². The maximum Gasteiger partial charge on any atom is 0.317 e. The molecule has 2 aromatic carbocycles. The van der Waals surface area contributed by atoms with E-state index < -0.39 is 0 Å². The van der Waals surface area contributed by atoms with Gasteiger partial charge in [-0.3, -0.25) is 10.3 Å². The SMILES string of the molecule is O=C(NCCc1ccccc1)N1CCC2(C=C(c3ccccc3)NO2)CC1. The van der Waals surface area contributed by atoms with Gasteiger partial charge < -0.3 is 10.2 Å². The highest BCUT2D eigenvalue weighted by Crippen LogP contribution is 2.34. The number of hydrogen-bond acceptors (Lipinski definition) is 3. The van der Waals surface area contributed by atoms with Crippen LogP contribution in [0.3, 0.4) is 0 Å². The van der Waals surface area contributed by atoms with Gasteiger partial charge in [-0.2, -0.15) is 0 Å². The normalized spacial score (nSPS) is 18.1. The number of hydroxylamine groups is 1. The fourth-order valence-corrected chi connectivity index (χ4v) is 3.64. The lowest BCUT2D eigenvalue weighted by atomic mass is 9.90. The minimum Gasteiger partial charge on any atom is -0.338 e. The summed E-state index contributed by atoms with van der Waals surface area (Å²) in [6.45, 7) is 2.04. The number of piperidine rings is 1. The molecule has 1 spiro atoms. The van der Waals surface area contributed by atoms with Gasteiger partial charge in [-0.1, -0.05) is 60.7 Å². The first-order valence-electron chi connectivity index (χ1n) is 9.53. The molecule has 2 heterocycles. The number of carbonyl (C=O) groups is 1. The highest BCUT2D eigenvalue weighted by Gasteiger charge is 2.39. The molecule has 0 aliphatic carbocycles. The topological polar surface area (TPSA) is 53.6 Å². The number of urea groups is 1. The van der Waals surface area contributed by atoms with Crippen molar-refractivity contribution in [3.63, 3.8) is 0 Å². The van der Waals surface area contributed by atoms with Crippen molar-refractivity contribution in [1.82, 2.24) is 15.7 Å². The van der Waals surface area contributed by atoms with Gasteiger partial charge in [-0.15, -0.1) is 0 Å². The van der Waals surface area contributed by atoms with E-state index in [4.69, 9.17) is 4.84 Å². The van der Waals surface area contributed by atoms with E-state index in [1.165, 1.54) is 5.56 Å². The molecule has 2 aliphatic heterocycles. The summed E-state index contributed by atoms with van der Waals surface area (Å²) in [4.78, 5) is 20.2. The van der Waals surface area contributed by atoms with Gasteiger partial charge in [0.15, 0.2) is 0 Å². The average molecular weight is 363 g/mol. The molecule has 5 nitrogen and oxygen atoms in total. The number of rotatable bonds is 4. The Hall–Kier alpha value is -2.79. The number of carbonyl (C=O) groups excluding carboxylic acids is 1. The molecule has 1 saturated heterocycles. The van der Waals surface area contributed by atoms with Crippen LogP contribution >= 0.6 is 0 Å². The van der Waals surface area contributed by atoms with Gasteiger partial charge in [-0.05, 0) is 23.6 Å². The fraction of sp³-hybridized carbons (Fsp3) is 0.318. The summed E-state index contributed by atoms with van der Waals surface area (Å²) in [5.74, 6) is 0. The number of amides is 2. The summed E-state index contributed by atoms with van der Waals surface area (Å²) < 4.78 is 0. The Morgan fingerprint density at radius 1 is 1.04 bits per heavy atom. The summed E-state index contributed by atoms with van der Waals surface area (Å²) in [7, 11) is 0. The van der Waals surface area contributed by atoms with Crippen molar-refractivity contribution in [1.29, 1.82) is 0 Å². The quantitative estimate of drug-likeness (QED) is 0.876. The molecule has 2 aromatic rings. The zero-order valence-electron chi connectivity index (χ0n) is 15.4. The number of benzene rings is 2. The summed E-state index contributed by atoms with van der Waals surface area (Å²) >= 11 is 0. The van der Waals surface area contributed by atoms with Crippen molar-refractivity contribution in [3.8, 4) is 0 Å². The van der Waals surface area contributed by atoms with Crippen LogP contribution in [-0.4, -0.2) is 36.2 Å². The summed E-state index contributed by atoms with van der Waals surface area (Å²) in [5.41, 5.74) is 6.13. The van der Waals surface area contributed by atoms with E-state index in [0.717, 1.165) is 30.5 Å². The third-order valence-corrected chi connectivity index (χ3v) is 5.29. The summed E-state index contributed by atoms with van der Waals surface area (Å²) in [6, 6.07) is 20.4. The molecule has 0 unspecified atom stereocenters. The Labute approximate surface area is 160 Å². The molecule has 140 valence electrons. The lowest BCUT2D eigenvalue weighted by Gasteiger charge is -2.36. The van der Waals surface area contributed by atoms with Gasteiger partial charge in [-0.25, -0.2) is 4.79 Å². The van der Waals surface area contributed by atoms with Crippen LogP contribution in [0.4, 0.5) is 4.79 Å². The van der Waals surface area contributed by atoms with Gasteiger partial charge >= 0.3 is 6.03 Å². The van der Waals surface area contributed by atoms with Gasteiger partial charge in [0.2, 0.25) is 0 Å². The highest BCUT2D eigenvalue weighted by molar-refractivity contribution is 5.74. The van der Waals surface area contributed by atoms with Crippen molar-refractivity contribution in [2.75, 3.05) is 19.6 Å². The molecule has 2 aliphatic rings. The molecule has 4 rings (SSSR count). The molecular weight excluding hydrogens is 338 g/mol. The lowest BCUT2D eigenvalue weighted by molar-refractivity contribution is -0.0639. The number of nitrogens with one attached hydrogen (secondary N) is 2. The Balaban J connectivity index is 1.27. The molecule has 0 aromatic heterocycles. The first-order chi connectivity index (χ1) is 13.2. The van der Waals surface area contributed by atoms with Crippen molar-refractivity contribution in [2.45, 2.75) is 24.9 Å². The van der Waals surface area contributed by atoms with Crippen molar-refractivity contribution < 1.29 is 9.63 Å². The molecule has 0 atom stereocenters. The highest BCUT2D eigenvalue weighted by atomic mass is 16.7. The van der Waals surface area contributed by atoms with Gasteiger partial charge in [0.05, 0.1) is 5.70 Å². The Morgan fingerprint density at radius 3 is 2.41 bits per heavy atom. The number of nitrogens with zero attached hydrogens (tertiary/aromatic N) is 1. The van der Waals surface area contributed by atoms with E-state index in [2.05, 4.69) is 41.1 Å². The Morgan fingerprint density at radius 2 is 1.70 bits per heavy atom. The molecule has 1 fully saturated rings. The zero-order chi connectivity index (χ0) is 18.5. The van der Waals surface area contributed by atoms with Crippen LogP contribution in [0, 0.1) is 0 Å². The zero-order valence-corrected chi connectivity index (χ0v) is 15.4. The van der Waals surface area contributed by atoms with Crippen LogP contribution in [0.15, 0.2) is 66.7 Å². The summed E-state index contributed by atoms with van der Waals surface area (Å²) in [6.07, 6.45) is 4.61. The van der Waals surface area contributed by atoms with E-state index in [0.29, 0.717) is 19.6 Å². The maximum absolute atomic E-state index is 12.4. The van der Waals surface area contributed by atoms with Crippen LogP contribution in [0.25, 0.3) is 5.70 Å². The van der Waals surface area contributed by atoms with E-state index in [-0.39, 0.29) is 11.6 Å². The predicted molar refractivity (Wildman–Crippen MR) is 106 cm³/mol. The van der Waals surface area contributed by atoms with Crippen LogP contribution in [-0.2, 0) is 11.3 Å². The van der Waals surface area contributed by atoms with Crippen LogP contribution in [0.2, 0.25) is 0 Å². The Kier molecular flexibility index (Phi) is 5.12. The van der Waals surface area contributed by atoms with Gasteiger partial charge in [0, 0.05) is 32.5 Å². The molecule has 0 radical (unpaired) electrons. The van der Waals surface area contributed by atoms with E-state index in [1.807, 2.05) is 41.3 Å². The molecule has 0 saturated carbocycles. The van der Waals surface area contributed by atoms with Crippen LogP contribution in [0.1, 0.15) is 24.0 Å². The smallest absolute Gasteiger partial charge is 0.317 e. The molecule has 0 bridgehead atoms. The van der Waals surface area contributed by atoms with Crippen LogP contribution < -0.4 is 10.8 Å². The second-order valence-electron chi connectivity index (χ2n) is 7.15.